The van der Waals surface area contributed by atoms with E-state index in [4.69, 9.17) is 11.6 Å². The third-order valence-corrected chi connectivity index (χ3v) is 0.830. The second kappa shape index (κ2) is 5.06. The van der Waals surface area contributed by atoms with Gasteiger partial charge >= 0.3 is 0 Å². The largest absolute Gasteiger partial charge is 0.365 e. The fraction of sp³-hybridized carbons (Fsp3) is 0.800. The molecule has 0 unspecified atom stereocenters. The number of alkyl halides is 1. The van der Waals surface area contributed by atoms with Gasteiger partial charge < -0.3 is 4.74 Å². The van der Waals surface area contributed by atoms with Crippen molar-refractivity contribution in [3.63, 3.8) is 0 Å². The summed E-state index contributed by atoms with van der Waals surface area (Å²) in [5.41, 5.74) is 0. The molecular formula is C5H9ClO2. The molecule has 0 saturated heterocycles. The van der Waals surface area contributed by atoms with Crippen LogP contribution in [0.5, 0.6) is 0 Å². The molecule has 0 rings (SSSR count). The monoisotopic (exact) mass is 136 g/mol. The first-order chi connectivity index (χ1) is 3.77. The second-order valence-electron chi connectivity index (χ2n) is 1.47. The molecule has 0 aromatic rings. The Morgan fingerprint density at radius 1 is 1.75 bits per heavy atom. The number of hydrogen-bond donors (Lipinski definition) is 0. The first-order valence-electron chi connectivity index (χ1n) is 2.40. The number of halogens is 1. The number of carbonyl (C=O) groups excluding carboxylic acids is 1. The van der Waals surface area contributed by atoms with Gasteiger partial charge in [0.2, 0.25) is 0 Å². The van der Waals surface area contributed by atoms with Gasteiger partial charge in [-0.05, 0) is 6.92 Å². The van der Waals surface area contributed by atoms with Crippen LogP contribution in [-0.2, 0) is 9.53 Å². The van der Waals surface area contributed by atoms with Crippen LogP contribution in [0, 0.1) is 0 Å². The highest BCUT2D eigenvalue weighted by Gasteiger charge is 1.89. The fourth-order valence-corrected chi connectivity index (χ4v) is 0.380. The molecule has 0 fully saturated rings. The van der Waals surface area contributed by atoms with Crippen LogP contribution in [0.25, 0.3) is 0 Å². The minimum atomic E-state index is 0.134. The highest BCUT2D eigenvalue weighted by atomic mass is 35.5. The smallest absolute Gasteiger partial charge is 0.132 e. The molecule has 0 amide bonds. The second-order valence-corrected chi connectivity index (χ2v) is 1.69. The highest BCUT2D eigenvalue weighted by molar-refractivity contribution is 6.17. The van der Waals surface area contributed by atoms with Gasteiger partial charge in [-0.1, -0.05) is 11.6 Å². The molecule has 0 aromatic carbocycles. The van der Waals surface area contributed by atoms with E-state index >= 15 is 0 Å². The van der Waals surface area contributed by atoms with Crippen molar-refractivity contribution >= 4 is 17.4 Å². The minimum absolute atomic E-state index is 0.134. The number of ether oxygens (including phenoxy) is 1. The van der Waals surface area contributed by atoms with Gasteiger partial charge in [-0.25, -0.2) is 0 Å². The van der Waals surface area contributed by atoms with Crippen molar-refractivity contribution in [1.29, 1.82) is 0 Å². The molecule has 0 atom stereocenters. The van der Waals surface area contributed by atoms with Crippen molar-refractivity contribution in [3.05, 3.63) is 0 Å². The van der Waals surface area contributed by atoms with Gasteiger partial charge in [-0.2, -0.15) is 0 Å². The van der Waals surface area contributed by atoms with E-state index in [1.54, 1.807) is 0 Å². The zero-order chi connectivity index (χ0) is 6.41. The van der Waals surface area contributed by atoms with Crippen LogP contribution in [0.15, 0.2) is 0 Å². The summed E-state index contributed by atoms with van der Waals surface area (Å²) >= 11 is 5.15. The first kappa shape index (κ1) is 7.92. The number of ketones is 1. The molecule has 0 radical (unpaired) electrons. The predicted molar refractivity (Wildman–Crippen MR) is 32.0 cm³/mol. The molecule has 0 spiro atoms. The van der Waals surface area contributed by atoms with E-state index < -0.39 is 0 Å². The topological polar surface area (TPSA) is 26.3 Å². The Kier molecular flexibility index (Phi) is 5.01. The molecule has 0 aliphatic carbocycles. The zero-order valence-electron chi connectivity index (χ0n) is 4.82. The summed E-state index contributed by atoms with van der Waals surface area (Å²) in [6.45, 7) is 1.97. The average Bonchev–Trinajstić information content (AvgIpc) is 1.66. The number of hydrogen-bond acceptors (Lipinski definition) is 2. The molecule has 0 heterocycles. The maximum atomic E-state index is 10.2. The van der Waals surface area contributed by atoms with Gasteiger partial charge in [0.15, 0.2) is 0 Å². The highest BCUT2D eigenvalue weighted by Crippen LogP contribution is 1.84. The lowest BCUT2D eigenvalue weighted by atomic mass is 10.3. The normalized spacial score (nSPS) is 9.25. The van der Waals surface area contributed by atoms with Gasteiger partial charge in [0, 0.05) is 6.42 Å². The Hall–Kier alpha value is -0.0800. The van der Waals surface area contributed by atoms with E-state index in [0.29, 0.717) is 13.0 Å². The average molecular weight is 137 g/mol. The summed E-state index contributed by atoms with van der Waals surface area (Å²) < 4.78 is 4.69. The van der Waals surface area contributed by atoms with Gasteiger partial charge in [0.25, 0.3) is 0 Å². The quantitative estimate of drug-likeness (QED) is 0.429. The maximum Gasteiger partial charge on any atom is 0.132 e. The van der Waals surface area contributed by atoms with Crippen LogP contribution < -0.4 is 0 Å². The number of Topliss-reactive ketones (excluding diaryl/α,β-unsaturated/α-hetero) is 1. The lowest BCUT2D eigenvalue weighted by Crippen LogP contribution is -1.98. The molecule has 0 aromatic heterocycles. The van der Waals surface area contributed by atoms with Crippen LogP contribution in [0.4, 0.5) is 0 Å². The minimum Gasteiger partial charge on any atom is -0.365 e. The Labute approximate surface area is 53.8 Å². The number of rotatable bonds is 4. The molecule has 0 bridgehead atoms. The van der Waals surface area contributed by atoms with Crippen molar-refractivity contribution in [2.45, 2.75) is 13.3 Å². The molecule has 3 heteroatoms. The third kappa shape index (κ3) is 5.92. The van der Waals surface area contributed by atoms with E-state index in [-0.39, 0.29) is 11.8 Å². The van der Waals surface area contributed by atoms with E-state index in [2.05, 4.69) is 4.74 Å². The molecule has 2 nitrogen and oxygen atoms in total. The number of carbonyl (C=O) groups is 1. The molecular weight excluding hydrogens is 128 g/mol. The summed E-state index contributed by atoms with van der Waals surface area (Å²) in [5, 5.41) is 0. The summed E-state index contributed by atoms with van der Waals surface area (Å²) in [5.74, 6) is 0.134. The van der Waals surface area contributed by atoms with Crippen molar-refractivity contribution < 1.29 is 9.53 Å². The Morgan fingerprint density at radius 2 is 2.38 bits per heavy atom. The van der Waals surface area contributed by atoms with Crippen LogP contribution in [0.2, 0.25) is 0 Å². The molecule has 0 N–H and O–H groups in total. The van der Waals surface area contributed by atoms with E-state index in [1.165, 1.54) is 6.92 Å². The van der Waals surface area contributed by atoms with Crippen LogP contribution in [0.1, 0.15) is 13.3 Å². The zero-order valence-corrected chi connectivity index (χ0v) is 5.57. The van der Waals surface area contributed by atoms with Gasteiger partial charge in [0.1, 0.15) is 11.8 Å². The summed E-state index contributed by atoms with van der Waals surface area (Å²) in [6, 6.07) is 0.174. The van der Waals surface area contributed by atoms with E-state index in [9.17, 15) is 4.79 Å². The van der Waals surface area contributed by atoms with Crippen molar-refractivity contribution in [1.82, 2.24) is 0 Å². The molecule has 48 valence electrons. The molecule has 0 saturated carbocycles. The van der Waals surface area contributed by atoms with Crippen molar-refractivity contribution in [3.8, 4) is 0 Å². The SMILES string of the molecule is CC(=O)CCOCCl. The first-order valence-corrected chi connectivity index (χ1v) is 2.94. The van der Waals surface area contributed by atoms with E-state index in [1.807, 2.05) is 0 Å². The lowest BCUT2D eigenvalue weighted by Gasteiger charge is -1.93. The summed E-state index contributed by atoms with van der Waals surface area (Å²) in [6.07, 6.45) is 0.465. The molecule has 0 aliphatic heterocycles. The molecule has 8 heavy (non-hydrogen) atoms. The van der Waals surface area contributed by atoms with Gasteiger partial charge in [-0.15, -0.1) is 0 Å². The van der Waals surface area contributed by atoms with Crippen molar-refractivity contribution in [2.24, 2.45) is 0 Å². The third-order valence-electron chi connectivity index (χ3n) is 0.676. The standard InChI is InChI=1S/C5H9ClO2/c1-5(7)2-3-8-4-6/h2-4H2,1H3. The van der Waals surface area contributed by atoms with E-state index in [0.717, 1.165) is 0 Å². The fourth-order valence-electron chi connectivity index (χ4n) is 0.270. The Bertz CT molecular complexity index is 72.8. The lowest BCUT2D eigenvalue weighted by molar-refractivity contribution is -0.117. The predicted octanol–water partition coefficient (Wildman–Crippen LogP) is 1.18. The summed E-state index contributed by atoms with van der Waals surface area (Å²) in [4.78, 5) is 10.2. The molecule has 0 aliphatic rings. The van der Waals surface area contributed by atoms with Crippen LogP contribution in [0.3, 0.4) is 0 Å². The van der Waals surface area contributed by atoms with Gasteiger partial charge in [-0.3, -0.25) is 4.79 Å². The summed E-state index contributed by atoms with van der Waals surface area (Å²) in [7, 11) is 0. The maximum absolute atomic E-state index is 10.2. The van der Waals surface area contributed by atoms with Crippen LogP contribution in [-0.4, -0.2) is 18.5 Å². The van der Waals surface area contributed by atoms with Gasteiger partial charge in [0.05, 0.1) is 6.61 Å². The Balaban J connectivity index is 2.82. The Morgan fingerprint density at radius 3 is 2.75 bits per heavy atom. The van der Waals surface area contributed by atoms with Crippen molar-refractivity contribution in [2.75, 3.05) is 12.7 Å². The van der Waals surface area contributed by atoms with Crippen LogP contribution >= 0.6 is 11.6 Å².